The van der Waals surface area contributed by atoms with E-state index in [4.69, 9.17) is 48.1 Å². The van der Waals surface area contributed by atoms with Gasteiger partial charge in [-0.15, -0.1) is 0 Å². The van der Waals surface area contributed by atoms with Crippen LogP contribution < -0.4 is 11.7 Å². The van der Waals surface area contributed by atoms with Crippen LogP contribution >= 0.6 is 0 Å². The van der Waals surface area contributed by atoms with Crippen LogP contribution in [-0.4, -0.2) is 35.8 Å². The maximum Gasteiger partial charge on any atom is 0.394 e. The van der Waals surface area contributed by atoms with E-state index in [2.05, 4.69) is 11.7 Å². The van der Waals surface area contributed by atoms with Gasteiger partial charge in [0.25, 0.3) is 0 Å². The molecule has 0 atom stereocenters. The molecule has 94 valence electrons. The van der Waals surface area contributed by atoms with E-state index in [0.29, 0.717) is 0 Å². The van der Waals surface area contributed by atoms with Crippen LogP contribution in [0.1, 0.15) is 0 Å². The Hall–Kier alpha value is -2.07. The number of hydrogen-bond donors (Lipinski definition) is 7. The predicted molar refractivity (Wildman–Crippen MR) is 47.8 cm³/mol. The number of hydrogen-bond acceptors (Lipinski definition) is 10. The topological polar surface area (TPSA) is 249 Å². The van der Waals surface area contributed by atoms with E-state index in [9.17, 15) is 0 Å². The van der Waals surface area contributed by atoms with Gasteiger partial charge in [-0.3, -0.25) is 20.8 Å². The Morgan fingerprint density at radius 1 is 0.812 bits per heavy atom. The second-order valence-electron chi connectivity index (χ2n) is 0.754. The Morgan fingerprint density at radius 3 is 0.812 bits per heavy atom. The highest BCUT2D eigenvalue weighted by Crippen LogP contribution is 1.59. The molecule has 0 aromatic carbocycles. The quantitative estimate of drug-likeness (QED) is 0.0822. The third-order valence-corrected chi connectivity index (χ3v) is 0. The van der Waals surface area contributed by atoms with Crippen LogP contribution in [0, 0.1) is 16.2 Å². The van der Waals surface area contributed by atoms with Crippen LogP contribution in [0.5, 0.6) is 0 Å². The fourth-order valence-electron chi connectivity index (χ4n) is 0. The van der Waals surface area contributed by atoms with Crippen LogP contribution in [0.4, 0.5) is 0 Å². The Bertz CT molecular complexity index is 268. The van der Waals surface area contributed by atoms with Crippen molar-refractivity contribution in [3.63, 3.8) is 0 Å². The molecule has 0 saturated carbocycles. The molecular formula is C3H9N5O7S. The van der Waals surface area contributed by atoms with Crippen molar-refractivity contribution in [1.29, 1.82) is 16.2 Å². The molecule has 0 fully saturated rings. The van der Waals surface area contributed by atoms with Gasteiger partial charge < -0.3 is 0 Å². The lowest BCUT2D eigenvalue weighted by Crippen LogP contribution is -2.02. The van der Waals surface area contributed by atoms with Gasteiger partial charge in [-0.1, -0.05) is 0 Å². The van der Waals surface area contributed by atoms with E-state index in [1.807, 2.05) is 0 Å². The summed E-state index contributed by atoms with van der Waals surface area (Å²) < 4.78 is 31.6. The monoisotopic (exact) mass is 259 g/mol. The molecule has 0 aliphatic heterocycles. The van der Waals surface area contributed by atoms with Crippen molar-refractivity contribution in [3.8, 4) is 0 Å². The number of carbonyl (C=O) groups excluding carboxylic acids is 3. The third-order valence-electron chi connectivity index (χ3n) is 0. The van der Waals surface area contributed by atoms with Crippen molar-refractivity contribution in [2.24, 2.45) is 11.7 Å². The zero-order chi connectivity index (χ0) is 14.6. The average Bonchev–Trinajstić information content (AvgIpc) is 2.07. The molecule has 0 amide bonds. The number of nitrogens with two attached hydrogens (primary N) is 2. The van der Waals surface area contributed by atoms with Crippen LogP contribution in [-0.2, 0) is 24.8 Å². The minimum absolute atomic E-state index is 0.750. The molecule has 0 spiro atoms. The first-order chi connectivity index (χ1) is 7.24. The number of isocyanates is 3. The largest absolute Gasteiger partial charge is 0.394 e. The summed E-state index contributed by atoms with van der Waals surface area (Å²) in [5, 5.41) is 16.2. The van der Waals surface area contributed by atoms with E-state index in [0.717, 1.165) is 18.2 Å². The fourth-order valence-corrected chi connectivity index (χ4v) is 0. The minimum Gasteiger partial charge on any atom is -0.274 e. The lowest BCUT2D eigenvalue weighted by molar-refractivity contribution is 0.381. The standard InChI is InChI=1S/3CHNO.H4N2.H2O4S/c3*2-1-3;1-2;1-5(2,3)4/h3*2H;1-2H2;(H2,1,2,3,4). The van der Waals surface area contributed by atoms with Gasteiger partial charge in [-0.2, -0.15) is 8.42 Å². The maximum atomic E-state index is 8.74. The summed E-state index contributed by atoms with van der Waals surface area (Å²) in [5.41, 5.74) is 0. The molecule has 0 unspecified atom stereocenters. The highest BCUT2D eigenvalue weighted by molar-refractivity contribution is 7.79. The molecule has 16 heavy (non-hydrogen) atoms. The summed E-state index contributed by atoms with van der Waals surface area (Å²) >= 11 is 0. The lowest BCUT2D eigenvalue weighted by Gasteiger charge is -1.68. The summed E-state index contributed by atoms with van der Waals surface area (Å²) in [6, 6.07) is 0. The van der Waals surface area contributed by atoms with Crippen LogP contribution in [0.15, 0.2) is 0 Å². The SMILES string of the molecule is N=C=O.N=C=O.N=C=O.NN.O=S(=O)(O)O. The van der Waals surface area contributed by atoms with E-state index in [1.165, 1.54) is 0 Å². The summed E-state index contributed by atoms with van der Waals surface area (Å²) in [7, 11) is -4.67. The zero-order valence-electron chi connectivity index (χ0n) is 7.50. The first kappa shape index (κ1) is 29.2. The summed E-state index contributed by atoms with van der Waals surface area (Å²) in [6.07, 6.45) is 2.25. The van der Waals surface area contributed by atoms with Crippen LogP contribution in [0.2, 0.25) is 0 Å². The first-order valence-electron chi connectivity index (χ1n) is 2.39. The van der Waals surface area contributed by atoms with Crippen molar-refractivity contribution in [2.75, 3.05) is 0 Å². The van der Waals surface area contributed by atoms with Crippen molar-refractivity contribution in [3.05, 3.63) is 0 Å². The van der Waals surface area contributed by atoms with E-state index in [1.54, 1.807) is 0 Å². The zero-order valence-corrected chi connectivity index (χ0v) is 8.32. The molecule has 0 aliphatic carbocycles. The highest BCUT2D eigenvalue weighted by atomic mass is 32.3. The smallest absolute Gasteiger partial charge is 0.274 e. The van der Waals surface area contributed by atoms with Gasteiger partial charge in [0, 0.05) is 0 Å². The van der Waals surface area contributed by atoms with E-state index < -0.39 is 10.4 Å². The molecule has 0 aromatic heterocycles. The molecule has 13 heteroatoms. The Morgan fingerprint density at radius 2 is 0.812 bits per heavy atom. The summed E-state index contributed by atoms with van der Waals surface area (Å²) in [5.74, 6) is 8.00. The average molecular weight is 259 g/mol. The molecule has 0 radical (unpaired) electrons. The second kappa shape index (κ2) is 38.3. The van der Waals surface area contributed by atoms with E-state index >= 15 is 0 Å². The van der Waals surface area contributed by atoms with Crippen LogP contribution in [0.25, 0.3) is 0 Å². The molecule has 12 nitrogen and oxygen atoms in total. The molecule has 0 aromatic rings. The van der Waals surface area contributed by atoms with Gasteiger partial charge >= 0.3 is 10.4 Å². The second-order valence-corrected chi connectivity index (χ2v) is 1.65. The van der Waals surface area contributed by atoms with Gasteiger partial charge in [0.2, 0.25) is 18.2 Å². The normalized spacial score (nSPS) is 5.50. The fraction of sp³-hybridized carbons (Fsp3) is 0. The van der Waals surface area contributed by atoms with Crippen LogP contribution in [0.3, 0.4) is 0 Å². The Kier molecular flexibility index (Phi) is 69.9. The van der Waals surface area contributed by atoms with Gasteiger partial charge in [0.1, 0.15) is 0 Å². The molecular weight excluding hydrogens is 250 g/mol. The lowest BCUT2D eigenvalue weighted by atomic mass is 11.7. The molecule has 9 N–H and O–H groups in total. The minimum atomic E-state index is -4.67. The number of rotatable bonds is 0. The number of hydrazine groups is 1. The Labute approximate surface area is 89.3 Å². The molecule has 0 saturated heterocycles. The van der Waals surface area contributed by atoms with Gasteiger partial charge in [-0.25, -0.2) is 30.6 Å². The molecule has 0 rings (SSSR count). The molecule has 0 heterocycles. The molecule has 0 bridgehead atoms. The summed E-state index contributed by atoms with van der Waals surface area (Å²) in [6.45, 7) is 0. The predicted octanol–water partition coefficient (Wildman–Crippen LogP) is -2.13. The van der Waals surface area contributed by atoms with E-state index in [-0.39, 0.29) is 0 Å². The molecule has 0 aliphatic rings. The van der Waals surface area contributed by atoms with Crippen molar-refractivity contribution >= 4 is 28.6 Å². The van der Waals surface area contributed by atoms with Crippen molar-refractivity contribution in [1.82, 2.24) is 0 Å². The number of nitrogens with one attached hydrogen (secondary N) is 3. The van der Waals surface area contributed by atoms with Gasteiger partial charge in [0.05, 0.1) is 0 Å². The van der Waals surface area contributed by atoms with Gasteiger partial charge in [0.15, 0.2) is 0 Å². The first-order valence-corrected chi connectivity index (χ1v) is 3.79. The maximum absolute atomic E-state index is 8.74. The Balaban J connectivity index is -0.0000000329. The van der Waals surface area contributed by atoms with Gasteiger partial charge in [-0.05, 0) is 0 Å². The van der Waals surface area contributed by atoms with Crippen molar-refractivity contribution in [2.45, 2.75) is 0 Å². The van der Waals surface area contributed by atoms with Crippen molar-refractivity contribution < 1.29 is 31.9 Å². The highest BCUT2D eigenvalue weighted by Gasteiger charge is 1.84. The summed E-state index contributed by atoms with van der Waals surface area (Å²) in [4.78, 5) is 25.0. The third kappa shape index (κ3) is 333.